The maximum absolute atomic E-state index is 11.9. The normalized spacial score (nSPS) is 10.0. The topological polar surface area (TPSA) is 61.8 Å². The van der Waals surface area contributed by atoms with Crippen LogP contribution >= 0.6 is 31.9 Å². The first-order valence-corrected chi connectivity index (χ1v) is 9.09. The summed E-state index contributed by atoms with van der Waals surface area (Å²) in [6.07, 6.45) is 1.38. The first kappa shape index (κ1) is 20.2. The number of ether oxygens (including phenoxy) is 3. The monoisotopic (exact) mass is 482 g/mol. The van der Waals surface area contributed by atoms with Crippen LogP contribution in [0.1, 0.15) is 11.1 Å². The Hall–Kier alpha value is -2.12. The molecule has 0 spiro atoms. The SMILES string of the molecule is COC(=O)C(=Cc1cc(Br)cc(Br)c1OCc1ccccc1)C(=O)OC. The predicted octanol–water partition coefficient (Wildman–Crippen LogP) is 4.52. The second-order valence-corrected chi connectivity index (χ2v) is 6.89. The van der Waals surface area contributed by atoms with Gasteiger partial charge in [-0.1, -0.05) is 46.3 Å². The molecule has 2 aromatic rings. The Morgan fingerprint density at radius 1 is 1.00 bits per heavy atom. The van der Waals surface area contributed by atoms with Gasteiger partial charge in [0.15, 0.2) is 0 Å². The highest BCUT2D eigenvalue weighted by Gasteiger charge is 2.21. The van der Waals surface area contributed by atoms with Crippen molar-refractivity contribution in [3.63, 3.8) is 0 Å². The molecule has 2 aromatic carbocycles. The van der Waals surface area contributed by atoms with Gasteiger partial charge in [0.05, 0.1) is 18.7 Å². The molecule has 0 aliphatic heterocycles. The van der Waals surface area contributed by atoms with Crippen LogP contribution in [0.4, 0.5) is 0 Å². The van der Waals surface area contributed by atoms with Gasteiger partial charge in [-0.05, 0) is 39.7 Å². The molecular formula is C19H16Br2O5. The van der Waals surface area contributed by atoms with Crippen molar-refractivity contribution in [2.75, 3.05) is 14.2 Å². The van der Waals surface area contributed by atoms with Crippen LogP contribution in [0, 0.1) is 0 Å². The summed E-state index contributed by atoms with van der Waals surface area (Å²) < 4.78 is 16.7. The molecule has 5 nitrogen and oxygen atoms in total. The number of hydrogen-bond acceptors (Lipinski definition) is 5. The second kappa shape index (κ2) is 9.54. The number of carbonyl (C=O) groups is 2. The van der Waals surface area contributed by atoms with Crippen LogP contribution in [0.25, 0.3) is 6.08 Å². The first-order valence-electron chi connectivity index (χ1n) is 7.50. The summed E-state index contributed by atoms with van der Waals surface area (Å²) in [6.45, 7) is 0.327. The lowest BCUT2D eigenvalue weighted by atomic mass is 10.1. The molecule has 0 aliphatic carbocycles. The molecule has 0 atom stereocenters. The molecule has 2 rings (SSSR count). The number of hydrogen-bond donors (Lipinski definition) is 0. The number of methoxy groups -OCH3 is 2. The quantitative estimate of drug-likeness (QED) is 0.261. The van der Waals surface area contributed by atoms with Crippen LogP contribution < -0.4 is 4.74 Å². The molecule has 0 amide bonds. The summed E-state index contributed by atoms with van der Waals surface area (Å²) in [5.74, 6) is -1.09. The number of rotatable bonds is 6. The second-order valence-electron chi connectivity index (χ2n) is 5.12. The fraction of sp³-hybridized carbons (Fsp3) is 0.158. The van der Waals surface area contributed by atoms with Crippen molar-refractivity contribution in [3.05, 3.63) is 68.1 Å². The lowest BCUT2D eigenvalue weighted by Gasteiger charge is -2.13. The van der Waals surface area contributed by atoms with Crippen LogP contribution in [0.3, 0.4) is 0 Å². The van der Waals surface area contributed by atoms with Crippen molar-refractivity contribution in [2.45, 2.75) is 6.61 Å². The van der Waals surface area contributed by atoms with Gasteiger partial charge in [0, 0.05) is 10.0 Å². The molecule has 0 saturated carbocycles. The van der Waals surface area contributed by atoms with Gasteiger partial charge < -0.3 is 14.2 Å². The molecule has 136 valence electrons. The average Bonchev–Trinajstić information content (AvgIpc) is 2.64. The van der Waals surface area contributed by atoms with Gasteiger partial charge in [-0.15, -0.1) is 0 Å². The zero-order chi connectivity index (χ0) is 19.1. The Kier molecular flexibility index (Phi) is 7.41. The first-order chi connectivity index (χ1) is 12.5. The van der Waals surface area contributed by atoms with E-state index in [4.69, 9.17) is 4.74 Å². The lowest BCUT2D eigenvalue weighted by Crippen LogP contribution is -2.15. The molecule has 7 heteroatoms. The van der Waals surface area contributed by atoms with Crippen molar-refractivity contribution >= 4 is 49.9 Å². The summed E-state index contributed by atoms with van der Waals surface area (Å²) in [7, 11) is 2.39. The standard InChI is InChI=1S/C19H16Br2O5/c1-24-18(22)15(19(23)25-2)9-13-8-14(20)10-16(21)17(13)26-11-12-6-4-3-5-7-12/h3-10H,11H2,1-2H3. The highest BCUT2D eigenvalue weighted by molar-refractivity contribution is 9.11. The number of esters is 2. The molecule has 0 heterocycles. The molecule has 0 aromatic heterocycles. The largest absolute Gasteiger partial charge is 0.487 e. The summed E-state index contributed by atoms with van der Waals surface area (Å²) in [6, 6.07) is 13.2. The predicted molar refractivity (Wildman–Crippen MR) is 105 cm³/mol. The fourth-order valence-electron chi connectivity index (χ4n) is 2.15. The van der Waals surface area contributed by atoms with Gasteiger partial charge >= 0.3 is 11.9 Å². The molecule has 26 heavy (non-hydrogen) atoms. The maximum Gasteiger partial charge on any atom is 0.345 e. The minimum Gasteiger partial charge on any atom is -0.487 e. The number of benzene rings is 2. The van der Waals surface area contributed by atoms with Gasteiger partial charge in [0.1, 0.15) is 17.9 Å². The third-order valence-corrected chi connectivity index (χ3v) is 4.42. The van der Waals surface area contributed by atoms with E-state index in [1.54, 1.807) is 6.07 Å². The third kappa shape index (κ3) is 5.19. The Labute approximate surface area is 168 Å². The molecule has 0 unspecified atom stereocenters. The van der Waals surface area contributed by atoms with E-state index in [1.165, 1.54) is 20.3 Å². The van der Waals surface area contributed by atoms with Crippen molar-refractivity contribution < 1.29 is 23.8 Å². The summed E-state index contributed by atoms with van der Waals surface area (Å²) in [4.78, 5) is 23.8. The molecule has 0 N–H and O–H groups in total. The van der Waals surface area contributed by atoms with Crippen LogP contribution in [-0.2, 0) is 25.7 Å². The molecule has 0 saturated heterocycles. The maximum atomic E-state index is 11.9. The van der Waals surface area contributed by atoms with Gasteiger partial charge in [-0.2, -0.15) is 0 Å². The Morgan fingerprint density at radius 3 is 2.19 bits per heavy atom. The van der Waals surface area contributed by atoms with E-state index >= 15 is 0 Å². The van der Waals surface area contributed by atoms with E-state index in [0.717, 1.165) is 10.0 Å². The average molecular weight is 484 g/mol. The lowest BCUT2D eigenvalue weighted by molar-refractivity contribution is -0.143. The van der Waals surface area contributed by atoms with E-state index in [1.807, 2.05) is 36.4 Å². The number of halogens is 2. The minimum atomic E-state index is -0.790. The highest BCUT2D eigenvalue weighted by Crippen LogP contribution is 2.35. The van der Waals surface area contributed by atoms with Gasteiger partial charge in [0.25, 0.3) is 0 Å². The molecule has 0 bridgehead atoms. The third-order valence-electron chi connectivity index (χ3n) is 3.37. The minimum absolute atomic E-state index is 0.232. The van der Waals surface area contributed by atoms with E-state index in [2.05, 4.69) is 41.3 Å². The van der Waals surface area contributed by atoms with Crippen molar-refractivity contribution in [1.82, 2.24) is 0 Å². The van der Waals surface area contributed by atoms with Crippen molar-refractivity contribution in [2.24, 2.45) is 0 Å². The highest BCUT2D eigenvalue weighted by atomic mass is 79.9. The van der Waals surface area contributed by atoms with Crippen molar-refractivity contribution in [1.29, 1.82) is 0 Å². The van der Waals surface area contributed by atoms with Crippen LogP contribution in [-0.4, -0.2) is 26.2 Å². The van der Waals surface area contributed by atoms with Crippen molar-refractivity contribution in [3.8, 4) is 5.75 Å². The van der Waals surface area contributed by atoms with E-state index in [0.29, 0.717) is 22.4 Å². The molecule has 0 aliphatic rings. The van der Waals surface area contributed by atoms with Gasteiger partial charge in [-0.25, -0.2) is 9.59 Å². The van der Waals surface area contributed by atoms with Crippen LogP contribution in [0.2, 0.25) is 0 Å². The van der Waals surface area contributed by atoms with Crippen LogP contribution in [0.15, 0.2) is 57.0 Å². The smallest absolute Gasteiger partial charge is 0.345 e. The molecule has 0 radical (unpaired) electrons. The fourth-order valence-corrected chi connectivity index (χ4v) is 3.52. The Balaban J connectivity index is 2.44. The zero-order valence-corrected chi connectivity index (χ0v) is 17.3. The zero-order valence-electron chi connectivity index (χ0n) is 14.1. The number of carbonyl (C=O) groups excluding carboxylic acids is 2. The summed E-state index contributed by atoms with van der Waals surface area (Å²) in [5.41, 5.74) is 1.27. The van der Waals surface area contributed by atoms with E-state index < -0.39 is 11.9 Å². The van der Waals surface area contributed by atoms with E-state index in [-0.39, 0.29) is 5.57 Å². The summed E-state index contributed by atoms with van der Waals surface area (Å²) >= 11 is 6.85. The summed E-state index contributed by atoms with van der Waals surface area (Å²) in [5, 5.41) is 0. The molecule has 0 fully saturated rings. The Bertz CT molecular complexity index is 813. The van der Waals surface area contributed by atoms with E-state index in [9.17, 15) is 9.59 Å². The Morgan fingerprint density at radius 2 is 1.62 bits per heavy atom. The van der Waals surface area contributed by atoms with Crippen LogP contribution in [0.5, 0.6) is 5.75 Å². The van der Waals surface area contributed by atoms with Gasteiger partial charge in [-0.3, -0.25) is 0 Å². The molecular weight excluding hydrogens is 468 g/mol. The van der Waals surface area contributed by atoms with Gasteiger partial charge in [0.2, 0.25) is 0 Å².